The van der Waals surface area contributed by atoms with Gasteiger partial charge in [0.05, 0.1) is 11.6 Å². The minimum atomic E-state index is -0.00768. The Hall–Kier alpha value is -2.36. The maximum Gasteiger partial charge on any atom is 0.255 e. The molecule has 2 heterocycles. The van der Waals surface area contributed by atoms with Crippen LogP contribution in [0.15, 0.2) is 42.6 Å². The molecule has 4 heteroatoms. The third kappa shape index (κ3) is 2.88. The summed E-state index contributed by atoms with van der Waals surface area (Å²) < 4.78 is 0. The Morgan fingerprint density at radius 2 is 1.92 bits per heavy atom. The van der Waals surface area contributed by atoms with E-state index in [2.05, 4.69) is 39.5 Å². The van der Waals surface area contributed by atoms with E-state index < -0.39 is 0 Å². The normalized spacial score (nSPS) is 19.8. The van der Waals surface area contributed by atoms with Crippen LogP contribution < -0.4 is 10.2 Å². The summed E-state index contributed by atoms with van der Waals surface area (Å²) in [5, 5.41) is 3.25. The van der Waals surface area contributed by atoms with Gasteiger partial charge in [-0.15, -0.1) is 0 Å². The predicted octanol–water partition coefficient (Wildman–Crippen LogP) is 3.49. The molecule has 4 nitrogen and oxygen atoms in total. The summed E-state index contributed by atoms with van der Waals surface area (Å²) in [5.74, 6) is 0.822. The summed E-state index contributed by atoms with van der Waals surface area (Å²) >= 11 is 0. The number of benzene rings is 1. The molecule has 0 radical (unpaired) electrons. The Morgan fingerprint density at radius 3 is 2.79 bits per heavy atom. The van der Waals surface area contributed by atoms with Crippen molar-refractivity contribution in [2.75, 3.05) is 18.0 Å². The van der Waals surface area contributed by atoms with E-state index in [1.807, 2.05) is 12.1 Å². The van der Waals surface area contributed by atoms with Crippen LogP contribution in [0.1, 0.15) is 53.2 Å². The lowest BCUT2D eigenvalue weighted by Gasteiger charge is -2.27. The number of carbonyl (C=O) groups is 1. The molecular weight excluding hydrogens is 298 g/mol. The molecule has 1 saturated heterocycles. The maximum atomic E-state index is 12.9. The molecule has 1 amide bonds. The first kappa shape index (κ1) is 15.2. The van der Waals surface area contributed by atoms with Crippen LogP contribution in [-0.4, -0.2) is 24.0 Å². The molecule has 0 spiro atoms. The Morgan fingerprint density at radius 1 is 1.08 bits per heavy atom. The molecule has 1 aromatic heterocycles. The third-order valence-electron chi connectivity index (χ3n) is 5.11. The van der Waals surface area contributed by atoms with Gasteiger partial charge >= 0.3 is 0 Å². The number of rotatable bonds is 3. The second kappa shape index (κ2) is 6.63. The Labute approximate surface area is 142 Å². The van der Waals surface area contributed by atoms with E-state index in [-0.39, 0.29) is 11.9 Å². The molecule has 4 rings (SSSR count). The van der Waals surface area contributed by atoms with E-state index in [1.54, 1.807) is 6.20 Å². The van der Waals surface area contributed by atoms with Crippen LogP contribution in [0, 0.1) is 0 Å². The Bertz CT molecular complexity index is 737. The zero-order chi connectivity index (χ0) is 16.4. The molecule has 124 valence electrons. The number of aryl methyl sites for hydroxylation is 1. The largest absolute Gasteiger partial charge is 0.356 e. The molecular formula is C20H23N3O. The molecule has 0 bridgehead atoms. The first-order valence-corrected chi connectivity index (χ1v) is 8.91. The second-order valence-electron chi connectivity index (χ2n) is 6.69. The molecule has 2 aliphatic rings. The van der Waals surface area contributed by atoms with E-state index in [0.717, 1.165) is 38.2 Å². The van der Waals surface area contributed by atoms with Crippen LogP contribution in [0.25, 0.3) is 0 Å². The third-order valence-corrected chi connectivity index (χ3v) is 5.11. The number of amides is 1. The molecule has 0 saturated carbocycles. The minimum Gasteiger partial charge on any atom is -0.356 e. The highest BCUT2D eigenvalue weighted by atomic mass is 16.1. The van der Waals surface area contributed by atoms with E-state index in [4.69, 9.17) is 0 Å². The number of nitrogens with zero attached hydrogens (tertiary/aromatic N) is 2. The van der Waals surface area contributed by atoms with Gasteiger partial charge in [0.25, 0.3) is 5.91 Å². The smallest absolute Gasteiger partial charge is 0.255 e. The van der Waals surface area contributed by atoms with Crippen molar-refractivity contribution in [3.05, 3.63) is 59.3 Å². The lowest BCUT2D eigenvalue weighted by Crippen LogP contribution is -2.32. The van der Waals surface area contributed by atoms with Gasteiger partial charge in [0.15, 0.2) is 0 Å². The monoisotopic (exact) mass is 321 g/mol. The quantitative estimate of drug-likeness (QED) is 0.941. The first-order chi connectivity index (χ1) is 11.8. The van der Waals surface area contributed by atoms with Crippen LogP contribution >= 0.6 is 0 Å². The van der Waals surface area contributed by atoms with Crippen molar-refractivity contribution < 1.29 is 4.79 Å². The highest BCUT2D eigenvalue weighted by Crippen LogP contribution is 2.30. The molecule has 2 aromatic rings. The predicted molar refractivity (Wildman–Crippen MR) is 95.3 cm³/mol. The molecule has 1 fully saturated rings. The van der Waals surface area contributed by atoms with Crippen molar-refractivity contribution in [2.24, 2.45) is 0 Å². The molecule has 0 unspecified atom stereocenters. The van der Waals surface area contributed by atoms with Gasteiger partial charge in [-0.05, 0) is 55.4 Å². The molecule has 1 N–H and O–H groups in total. The van der Waals surface area contributed by atoms with Crippen LogP contribution in [0.2, 0.25) is 0 Å². The maximum absolute atomic E-state index is 12.9. The van der Waals surface area contributed by atoms with Crippen LogP contribution in [0.4, 0.5) is 5.82 Å². The number of hydrogen-bond acceptors (Lipinski definition) is 3. The van der Waals surface area contributed by atoms with E-state index in [9.17, 15) is 4.79 Å². The van der Waals surface area contributed by atoms with Gasteiger partial charge in [0, 0.05) is 19.3 Å². The molecule has 1 atom stereocenters. The van der Waals surface area contributed by atoms with Crippen molar-refractivity contribution in [3.63, 3.8) is 0 Å². The number of nitrogens with one attached hydrogen (secondary N) is 1. The lowest BCUT2D eigenvalue weighted by molar-refractivity contribution is 0.0933. The number of aromatic nitrogens is 1. The first-order valence-electron chi connectivity index (χ1n) is 8.91. The van der Waals surface area contributed by atoms with Gasteiger partial charge in [-0.1, -0.05) is 24.3 Å². The standard InChI is InChI=1S/C20H23N3O/c24-20(17-10-6-12-21-19(17)23-13-3-4-14-23)22-18-11-5-8-15-7-1-2-9-16(15)18/h1-2,6-7,9-10,12,18H,3-5,8,11,13-14H2,(H,22,24)/t18-/m1/s1. The van der Waals surface area contributed by atoms with E-state index >= 15 is 0 Å². The number of fused-ring (bicyclic) bond motifs is 1. The summed E-state index contributed by atoms with van der Waals surface area (Å²) in [4.78, 5) is 19.6. The second-order valence-corrected chi connectivity index (χ2v) is 6.69. The molecule has 1 aromatic carbocycles. The average Bonchev–Trinajstić information content (AvgIpc) is 3.16. The van der Waals surface area contributed by atoms with E-state index in [1.165, 1.54) is 24.0 Å². The van der Waals surface area contributed by atoms with Crippen LogP contribution in [0.3, 0.4) is 0 Å². The molecule has 24 heavy (non-hydrogen) atoms. The Kier molecular flexibility index (Phi) is 4.20. The van der Waals surface area contributed by atoms with Crippen LogP contribution in [-0.2, 0) is 6.42 Å². The van der Waals surface area contributed by atoms with Gasteiger partial charge in [-0.25, -0.2) is 4.98 Å². The minimum absolute atomic E-state index is 0.00768. The van der Waals surface area contributed by atoms with Gasteiger partial charge < -0.3 is 10.2 Å². The molecule has 1 aliphatic heterocycles. The van der Waals surface area contributed by atoms with Crippen molar-refractivity contribution in [1.82, 2.24) is 10.3 Å². The fraction of sp³-hybridized carbons (Fsp3) is 0.400. The lowest BCUT2D eigenvalue weighted by atomic mass is 9.87. The zero-order valence-electron chi connectivity index (χ0n) is 13.9. The van der Waals surface area contributed by atoms with Gasteiger partial charge in [-0.2, -0.15) is 0 Å². The number of hydrogen-bond donors (Lipinski definition) is 1. The average molecular weight is 321 g/mol. The fourth-order valence-electron chi connectivity index (χ4n) is 3.89. The molecule has 1 aliphatic carbocycles. The van der Waals surface area contributed by atoms with E-state index in [0.29, 0.717) is 5.56 Å². The summed E-state index contributed by atoms with van der Waals surface area (Å²) in [7, 11) is 0. The van der Waals surface area contributed by atoms with Crippen molar-refractivity contribution in [2.45, 2.75) is 38.1 Å². The highest BCUT2D eigenvalue weighted by Gasteiger charge is 2.25. The van der Waals surface area contributed by atoms with Gasteiger partial charge in [-0.3, -0.25) is 4.79 Å². The van der Waals surface area contributed by atoms with Crippen LogP contribution in [0.5, 0.6) is 0 Å². The van der Waals surface area contributed by atoms with Crippen molar-refractivity contribution in [1.29, 1.82) is 0 Å². The zero-order valence-corrected chi connectivity index (χ0v) is 13.9. The number of pyridine rings is 1. The Balaban J connectivity index is 1.58. The summed E-state index contributed by atoms with van der Waals surface area (Å²) in [6.45, 7) is 1.98. The fourth-order valence-corrected chi connectivity index (χ4v) is 3.89. The highest BCUT2D eigenvalue weighted by molar-refractivity contribution is 5.99. The number of anilines is 1. The summed E-state index contributed by atoms with van der Waals surface area (Å²) in [5.41, 5.74) is 3.33. The SMILES string of the molecule is O=C(N[C@@H]1CCCc2ccccc21)c1cccnc1N1CCCC1. The number of carbonyl (C=O) groups excluding carboxylic acids is 1. The topological polar surface area (TPSA) is 45.2 Å². The van der Waals surface area contributed by atoms with Crippen molar-refractivity contribution >= 4 is 11.7 Å². The summed E-state index contributed by atoms with van der Waals surface area (Å²) in [6.07, 6.45) is 7.35. The van der Waals surface area contributed by atoms with Gasteiger partial charge in [0.2, 0.25) is 0 Å². The van der Waals surface area contributed by atoms with Crippen molar-refractivity contribution in [3.8, 4) is 0 Å². The summed E-state index contributed by atoms with van der Waals surface area (Å²) in [6, 6.07) is 12.3. The van der Waals surface area contributed by atoms with Gasteiger partial charge in [0.1, 0.15) is 5.82 Å².